The number of epoxide rings is 1. The van der Waals surface area contributed by atoms with E-state index >= 15 is 0 Å². The molecule has 0 aromatic heterocycles. The van der Waals surface area contributed by atoms with E-state index in [0.717, 1.165) is 180 Å². The van der Waals surface area contributed by atoms with Crippen LogP contribution in [0.25, 0.3) is 0 Å². The summed E-state index contributed by atoms with van der Waals surface area (Å²) in [7, 11) is 6.36. The Morgan fingerprint density at radius 1 is 0.331 bits per heavy atom. The fourth-order valence-electron chi connectivity index (χ4n) is 46.8. The fourth-order valence-corrected chi connectivity index (χ4v) is 48.6. The van der Waals surface area contributed by atoms with E-state index in [1.54, 1.807) is 50.7 Å². The summed E-state index contributed by atoms with van der Waals surface area (Å²) in [6, 6.07) is 0. The van der Waals surface area contributed by atoms with E-state index in [1.165, 1.54) is 32.1 Å². The van der Waals surface area contributed by atoms with Crippen LogP contribution < -0.4 is 42.8 Å². The molecule has 22 aliphatic rings. The quantitative estimate of drug-likeness (QED) is 0.0303. The van der Waals surface area contributed by atoms with Crippen molar-refractivity contribution in [1.82, 2.24) is 0 Å². The molecule has 0 radical (unpaired) electrons. The molecule has 2 saturated heterocycles. The molecule has 0 aromatic carbocycles. The molecule has 20 aliphatic carbocycles. The Morgan fingerprint density at radius 2 is 0.608 bits per heavy atom. The van der Waals surface area contributed by atoms with E-state index in [1.807, 2.05) is 0 Å². The summed E-state index contributed by atoms with van der Waals surface area (Å²) in [6.45, 7) is 69.0. The number of hydrogen-bond acceptors (Lipinski definition) is 16. The van der Waals surface area contributed by atoms with E-state index in [2.05, 4.69) is 241 Å². The van der Waals surface area contributed by atoms with Crippen molar-refractivity contribution in [2.24, 2.45) is 238 Å². The summed E-state index contributed by atoms with van der Waals surface area (Å²) in [6.07, 6.45) is 44.8. The summed E-state index contributed by atoms with van der Waals surface area (Å²) >= 11 is 2.45. The van der Waals surface area contributed by atoms with Crippen LogP contribution in [-0.4, -0.2) is 145 Å². The van der Waals surface area contributed by atoms with E-state index in [9.17, 15) is 44.7 Å². The van der Waals surface area contributed by atoms with Crippen LogP contribution in [0.1, 0.15) is 399 Å². The van der Waals surface area contributed by atoms with Gasteiger partial charge in [0.25, 0.3) is 0 Å². The summed E-state index contributed by atoms with van der Waals surface area (Å²) in [4.78, 5) is 53.8. The van der Waals surface area contributed by atoms with Gasteiger partial charge in [0.05, 0.1) is 107 Å². The summed E-state index contributed by atoms with van der Waals surface area (Å²) in [5.74, 6) is 9.90. The smallest absolute Gasteiger partial charge is 1.00 e. The minimum Gasteiger partial charge on any atom is -1.00 e. The number of carbonyl (C=O) groups is 4. The molecule has 48 atom stereocenters. The van der Waals surface area contributed by atoms with Crippen molar-refractivity contribution in [3.63, 3.8) is 0 Å². The van der Waals surface area contributed by atoms with Crippen LogP contribution in [0.5, 0.6) is 0 Å². The largest absolute Gasteiger partial charge is 1.00 e. The topological polar surface area (TPSA) is 237 Å². The van der Waals surface area contributed by atoms with Crippen LogP contribution in [-0.2, 0) is 52.3 Å². The molecule has 148 heavy (non-hydrogen) atoms. The second kappa shape index (κ2) is 38.9. The van der Waals surface area contributed by atoms with Gasteiger partial charge in [-0.25, -0.2) is 0 Å². The number of fused-ring (bicyclic) bond motifs is 31. The maximum Gasteiger partial charge on any atom is 1.00 e. The number of hydrogen-bond donors (Lipinski definition) is 5. The number of carbonyl (C=O) groups excluding carboxylic acids is 4. The van der Waals surface area contributed by atoms with Gasteiger partial charge < -0.3 is 82.7 Å². The average Bonchev–Trinajstić information content (AvgIpc) is 1.41. The summed E-state index contributed by atoms with van der Waals surface area (Å²) in [5.41, 5.74) is 5.59. The van der Waals surface area contributed by atoms with Gasteiger partial charge in [-0.1, -0.05) is 249 Å². The standard InChI is InChI=1S/C35H56O4.C32H52O4.C31H49IO4.C31H48O4.HI.Li/c1-21-13-16-35(29(36)37-10)18-17-33(8)24(27(35)23(21)3)11-12-26-31(6)19-22(2)28-32(7,20-38-30(4,5)39-28)25(31)14-15-34(26,33)9;1-19-11-14-32(27(35)36-8)16-15-30(6)22(25(32)21(19)3)9-10-24-28(4)17-20(2)26(34)29(5,18-33)23(28)12-13-31(24,30)7;1-18-10-13-31(26(35)36-7)15-14-29(5)20(24(31)19(18)2)8-9-23-27(3)16-21(32)25(34)28(4,17-33)22(27)11-12-30(23,29)6;1-18-10-13-31(26(33)34-7)15-14-29(5)20(24(31)19(18)2)8-9-23-27(3)16-21-25(35-21)28(4,17-32)22(27)11-12-30(23,29)6;;/h11,21-23,25-28H,12-20H2,1-10H3;9,19-21,23-26,33-34H,10-18H2,1-8H3;8,18-19,21-25,33-34H,9-17H2,1-7H3;8,18-19,21-25,32H,9-17H2,1-7H3;1H;/q;;;;;+1/p-1/t21-,22-,23+,25?,26?,27?,28?,31+,32-,33-,34-,35?;19-,20-,21+,23?,24?,25?,26?,28+,29-,30-,31-,32?;2*18-,19+,21?,22?,23?,24?,25?,27+,28-,29-,30-,31+;;/m1111../s1. The molecule has 832 valence electrons. The van der Waals surface area contributed by atoms with Crippen LogP contribution in [0.4, 0.5) is 0 Å². The van der Waals surface area contributed by atoms with Crippen molar-refractivity contribution in [3.8, 4) is 0 Å². The van der Waals surface area contributed by atoms with Crippen molar-refractivity contribution in [2.75, 3.05) is 54.9 Å². The molecule has 20 unspecified atom stereocenters. The normalized spacial score (nSPS) is 56.0. The van der Waals surface area contributed by atoms with Gasteiger partial charge in [0.15, 0.2) is 5.79 Å². The van der Waals surface area contributed by atoms with Crippen molar-refractivity contribution in [2.45, 2.75) is 440 Å². The van der Waals surface area contributed by atoms with Gasteiger partial charge in [-0.2, -0.15) is 0 Å². The molecular weight excluding hydrogens is 2070 g/mol. The zero-order valence-electron chi connectivity index (χ0n) is 98.9. The third-order valence-corrected chi connectivity index (χ3v) is 57.3. The van der Waals surface area contributed by atoms with Crippen molar-refractivity contribution >= 4 is 46.5 Å². The van der Waals surface area contributed by atoms with Crippen LogP contribution >= 0.6 is 22.6 Å². The molecule has 2 aliphatic heterocycles. The Kier molecular flexibility index (Phi) is 30.9. The number of aliphatic hydroxyl groups excluding tert-OH is 5. The van der Waals surface area contributed by atoms with Crippen LogP contribution in [0.2, 0.25) is 0 Å². The SMILES string of the molecule is COC(=O)C12CC[C@@H](C)[C@H](C)C1C1=CCC3[C@@]4(C)C[C@@H](C)C(O)[C@](C)(CO)C4CC[C@@]3(C)[C@]1(C)CC2.COC(=O)C12CC[C@@H](C)[C@H](C)C1C1=CCC3[C@@]4(C)C[C@@H](C)C5OC(C)(C)OC[C@]5(C)C4CC[C@@]3(C)[C@]1(C)CC2.COC(=O)[C@]12CC[C@@H](C)[C@H](C)C1C1=CCC3[C@@]4(C)CC(I)C(O)[C@](C)(CO)C4CC[C@@]3(C)[C@]1(C)CC2.COC(=O)[C@]12CC[C@@H](C)[C@H](C)C1C1=CCC3[C@@]4(C)CC5OC5[C@](C)(CO)C4CC[C@@]3(C)[C@]1(C)CC2.[I-].[Li+]. The molecule has 0 spiro atoms. The first-order valence-electron chi connectivity index (χ1n) is 60.0. The Hall–Kier alpha value is -1.42. The number of aliphatic hydroxyl groups is 5. The number of ether oxygens (including phenoxy) is 7. The van der Waals surface area contributed by atoms with Crippen molar-refractivity contribution < 1.29 is 121 Å². The fraction of sp³-hybridized carbons (Fsp3) is 0.907. The minimum absolute atomic E-state index is 0. The minimum atomic E-state index is -0.493. The predicted molar refractivity (Wildman–Crippen MR) is 586 cm³/mol. The molecule has 0 aromatic rings. The van der Waals surface area contributed by atoms with E-state index in [-0.39, 0.29) is 218 Å². The molecule has 0 amide bonds. The Bertz CT molecular complexity index is 5010. The second-order valence-corrected chi connectivity index (χ2v) is 62.8. The maximum atomic E-state index is 13.5. The first-order chi connectivity index (χ1) is 68.1. The van der Waals surface area contributed by atoms with Gasteiger partial charge >= 0.3 is 42.7 Å². The molecule has 0 bridgehead atoms. The Labute approximate surface area is 939 Å². The van der Waals surface area contributed by atoms with Gasteiger partial charge in [-0.05, 0) is 414 Å². The first kappa shape index (κ1) is 118. The zero-order valence-corrected chi connectivity index (χ0v) is 103. The monoisotopic (exact) mass is 2270 g/mol. The van der Waals surface area contributed by atoms with Crippen molar-refractivity contribution in [3.05, 3.63) is 46.6 Å². The summed E-state index contributed by atoms with van der Waals surface area (Å²) in [5, 5.41) is 54.1. The zero-order chi connectivity index (χ0) is 107. The molecule has 2 heterocycles. The molecule has 22 rings (SSSR count). The van der Waals surface area contributed by atoms with E-state index in [4.69, 9.17) is 33.2 Å². The molecule has 19 heteroatoms. The molecule has 5 N–H and O–H groups in total. The van der Waals surface area contributed by atoms with Gasteiger partial charge in [0.2, 0.25) is 0 Å². The van der Waals surface area contributed by atoms with Gasteiger partial charge in [-0.3, -0.25) is 19.2 Å². The summed E-state index contributed by atoms with van der Waals surface area (Å²) < 4.78 is 41.5. The number of alkyl halides is 1. The number of halogens is 2. The predicted octanol–water partition coefficient (Wildman–Crippen LogP) is 21.3. The maximum absolute atomic E-state index is 13.5. The van der Waals surface area contributed by atoms with Crippen molar-refractivity contribution in [1.29, 1.82) is 0 Å². The number of rotatable bonds is 7. The average molecular weight is 2270 g/mol. The van der Waals surface area contributed by atoms with Crippen LogP contribution in [0.3, 0.4) is 0 Å². The molecule has 16 saturated carbocycles. The first-order valence-corrected chi connectivity index (χ1v) is 61.3. The Balaban J connectivity index is 0.000000134. The number of esters is 4. The number of methoxy groups -OCH3 is 4. The third-order valence-electron chi connectivity index (χ3n) is 56.2. The van der Waals surface area contributed by atoms with E-state index in [0.29, 0.717) is 119 Å². The Morgan fingerprint density at radius 3 is 0.919 bits per heavy atom. The van der Waals surface area contributed by atoms with Crippen LogP contribution in [0.15, 0.2) is 46.6 Å². The third kappa shape index (κ3) is 15.6. The molecular formula is C129H205I2LiO16. The number of allylic oxidation sites excluding steroid dienone is 8. The van der Waals surface area contributed by atoms with E-state index < -0.39 is 28.8 Å². The molecule has 18 fully saturated rings. The molecule has 16 nitrogen and oxygen atoms in total. The van der Waals surface area contributed by atoms with Gasteiger partial charge in [-0.15, -0.1) is 0 Å². The van der Waals surface area contributed by atoms with Crippen LogP contribution in [0, 0.1) is 238 Å². The second-order valence-electron chi connectivity index (χ2n) is 61.2. The van der Waals surface area contributed by atoms with Gasteiger partial charge in [0, 0.05) is 25.6 Å². The van der Waals surface area contributed by atoms with Gasteiger partial charge in [0.1, 0.15) is 0 Å².